The van der Waals surface area contributed by atoms with Gasteiger partial charge in [0.25, 0.3) is 11.8 Å². The molecule has 0 saturated carbocycles. The molecule has 9 rings (SSSR count). The lowest BCUT2D eigenvalue weighted by Gasteiger charge is -2.19. The summed E-state index contributed by atoms with van der Waals surface area (Å²) in [5.41, 5.74) is 33.3. The van der Waals surface area contributed by atoms with Gasteiger partial charge in [0.1, 0.15) is 41.6 Å². The number of ketones is 1. The fourth-order valence-electron chi connectivity index (χ4n) is 10.7. The van der Waals surface area contributed by atoms with Crippen molar-refractivity contribution in [3.8, 4) is 50.7 Å². The topological polar surface area (TPSA) is 487 Å². The molecule has 1 unspecified atom stereocenters. The molecule has 5 aromatic rings. The van der Waals surface area contributed by atoms with E-state index < -0.39 is 24.8 Å². The minimum atomic E-state index is -1.11. The van der Waals surface area contributed by atoms with Gasteiger partial charge in [-0.25, -0.2) is 4.79 Å². The first-order valence-corrected chi connectivity index (χ1v) is 33.4. The average Bonchev–Trinajstić information content (AvgIpc) is 0.748. The summed E-state index contributed by atoms with van der Waals surface area (Å²) < 4.78 is 50.2. The highest BCUT2D eigenvalue weighted by Crippen LogP contribution is 2.44. The monoisotopic (exact) mass is 1470 g/mol. The van der Waals surface area contributed by atoms with E-state index in [1.165, 1.54) is 0 Å². The third-order valence-corrected chi connectivity index (χ3v) is 16.2. The van der Waals surface area contributed by atoms with E-state index in [2.05, 4.69) is 26.0 Å². The van der Waals surface area contributed by atoms with Crippen molar-refractivity contribution in [3.05, 3.63) is 181 Å². The summed E-state index contributed by atoms with van der Waals surface area (Å²) in [5, 5.41) is 48.3. The highest BCUT2D eigenvalue weighted by atomic mass is 16.6. The fourth-order valence-corrected chi connectivity index (χ4v) is 10.7. The van der Waals surface area contributed by atoms with Gasteiger partial charge in [-0.3, -0.25) is 24.0 Å². The van der Waals surface area contributed by atoms with E-state index in [0.717, 1.165) is 60.8 Å². The van der Waals surface area contributed by atoms with Crippen LogP contribution in [0.5, 0.6) is 5.75 Å². The largest absolute Gasteiger partial charge is 0.491 e. The number of fused-ring (bicyclic) bond motifs is 4. The number of rotatable bonds is 37. The Kier molecular flexibility index (Phi) is 34.2. The number of nitrogens with zero attached hydrogens (tertiary/aromatic N) is 3. The molecule has 3 amide bonds. The second-order valence-corrected chi connectivity index (χ2v) is 23.4. The summed E-state index contributed by atoms with van der Waals surface area (Å²) in [6, 6.07) is 36.0. The molecule has 0 radical (unpaired) electrons. The molecule has 31 nitrogen and oxygen atoms in total. The number of ether oxygens (including phenoxy) is 7. The first-order chi connectivity index (χ1) is 51.6. The van der Waals surface area contributed by atoms with Gasteiger partial charge in [0.15, 0.2) is 12.0 Å². The van der Waals surface area contributed by atoms with E-state index in [-0.39, 0.29) is 114 Å². The third-order valence-electron chi connectivity index (χ3n) is 16.2. The standard InChI is InChI=1S/C45H51N7O11.C29H31N3O6.2CO2/c1-28-36(46)13-11-34-42(35-12-14-37(47)29(2)44(35)63-43(28)34)31-7-3-8-32(24-31)45(57)50-17-19-59-21-20-58-18-15-39(54)49-16-5-10-38(53)30-6-4-9-33(25-30)62-26-40(51-52-48)61-23-22-60-27-41(55)56;1-17-23(30)8-6-21-26(22-7-9-24(31)18(2)28(22)38-27(17)21)19-4-3-5-20(16-19)29(35)32-11-13-37-15-14-36-12-10-25(33)34;2*2-1-3/h3-4,6-9,11-14,24-25,40,46H,5,10,15-23,26-27,47H2,1-2H3,(H,49,54)(H,50,57)(H,55,56);3-9,16,30H,10-15,31H2,1-2H3,(H,32,35)(H,33,34);;. The molecule has 2 aliphatic carbocycles. The Morgan fingerprint density at radius 3 is 1.49 bits per heavy atom. The molecule has 31 heteroatoms. The summed E-state index contributed by atoms with van der Waals surface area (Å²) in [7, 11) is 0. The molecule has 107 heavy (non-hydrogen) atoms. The molecule has 0 saturated heterocycles. The SMILES string of the molecule is Cc1c2oc3c(C)c(N)ccc3c(-c3cccc(C(=O)NCCOCCOCCC(=O)NCCCC(=O)c4cccc(OCC(N=[N+]=[N-])OCCOCC(=O)O)c4)c3)c-2ccc1=N.Cc1c2oc3c(C)c(N)ccc3c(-c3cccc(C(=O)NCCOCCOCCC(=O)O)c3)c-2ccc1=N.O=C=O.O=C=O. The first-order valence-electron chi connectivity index (χ1n) is 33.4. The summed E-state index contributed by atoms with van der Waals surface area (Å²) in [6.07, 6.45) is 0.212. The van der Waals surface area contributed by atoms with Gasteiger partial charge in [-0.05, 0) is 136 Å². The zero-order valence-electron chi connectivity index (χ0n) is 59.2. The second-order valence-electron chi connectivity index (χ2n) is 23.4. The van der Waals surface area contributed by atoms with Crippen molar-refractivity contribution in [1.29, 1.82) is 10.8 Å². The predicted molar refractivity (Wildman–Crippen MR) is 387 cm³/mol. The van der Waals surface area contributed by atoms with E-state index in [4.69, 9.17) is 99.2 Å². The molecule has 0 fully saturated rings. The number of azide groups is 1. The Balaban J connectivity index is 0.000000345. The Labute approximate surface area is 612 Å². The van der Waals surface area contributed by atoms with E-state index in [9.17, 15) is 28.8 Å². The van der Waals surface area contributed by atoms with Gasteiger partial charge in [0.2, 0.25) is 5.91 Å². The quantitative estimate of drug-likeness (QED) is 0.00333. The molecular weight excluding hydrogens is 1390 g/mol. The zero-order chi connectivity index (χ0) is 77.8. The van der Waals surface area contributed by atoms with Gasteiger partial charge in [0, 0.05) is 121 Å². The molecule has 0 aromatic heterocycles. The number of nitrogens with two attached hydrogens (primary N) is 2. The number of amides is 3. The number of carboxylic acid groups (broad SMARTS) is 2. The van der Waals surface area contributed by atoms with Gasteiger partial charge in [-0.1, -0.05) is 41.5 Å². The van der Waals surface area contributed by atoms with Crippen molar-refractivity contribution >= 4 is 81.1 Å². The number of Topliss-reactive ketones (excluding diaryl/α,β-unsaturated/α-hetero) is 1. The van der Waals surface area contributed by atoms with E-state index in [0.29, 0.717) is 112 Å². The van der Waals surface area contributed by atoms with E-state index in [1.54, 1.807) is 48.5 Å². The Morgan fingerprint density at radius 1 is 0.533 bits per heavy atom. The average molecular weight is 1470 g/mol. The zero-order valence-corrected chi connectivity index (χ0v) is 59.2. The van der Waals surface area contributed by atoms with Gasteiger partial charge in [-0.15, -0.1) is 0 Å². The summed E-state index contributed by atoms with van der Waals surface area (Å²) in [6.45, 7) is 9.82. The van der Waals surface area contributed by atoms with Crippen LogP contribution in [-0.2, 0) is 62.0 Å². The minimum Gasteiger partial charge on any atom is -0.491 e. The lowest BCUT2D eigenvalue weighted by Crippen LogP contribution is -2.28. The number of hydrogen-bond donors (Lipinski definition) is 9. The van der Waals surface area contributed by atoms with Crippen LogP contribution >= 0.6 is 0 Å². The second kappa shape index (κ2) is 43.7. The smallest absolute Gasteiger partial charge is 0.373 e. The van der Waals surface area contributed by atoms with Crippen LogP contribution in [-0.4, -0.2) is 163 Å². The van der Waals surface area contributed by atoms with Crippen LogP contribution in [0.15, 0.2) is 135 Å². The molecule has 1 atom stereocenters. The number of aliphatic carboxylic acids is 2. The maximum atomic E-state index is 13.2. The lowest BCUT2D eigenvalue weighted by molar-refractivity contribution is -0.193. The van der Waals surface area contributed by atoms with Gasteiger partial charge in [0.05, 0.1) is 83.2 Å². The van der Waals surface area contributed by atoms with Crippen LogP contribution in [0.1, 0.15) is 79.0 Å². The van der Waals surface area contributed by atoms with Crippen LogP contribution < -0.4 is 42.9 Å². The maximum absolute atomic E-state index is 13.2. The van der Waals surface area contributed by atoms with Crippen molar-refractivity contribution < 1.29 is 100 Å². The normalized spacial score (nSPS) is 10.9. The number of anilines is 2. The van der Waals surface area contributed by atoms with E-state index >= 15 is 0 Å². The van der Waals surface area contributed by atoms with Gasteiger partial charge < -0.3 is 90.4 Å². The third kappa shape index (κ3) is 25.3. The fraction of sp³-hybridized carbons (Fsp3) is 0.316. The Hall–Kier alpha value is -12.3. The van der Waals surface area contributed by atoms with Crippen molar-refractivity contribution in [1.82, 2.24) is 16.0 Å². The number of nitrogens with one attached hydrogen (secondary N) is 5. The molecule has 562 valence electrons. The van der Waals surface area contributed by atoms with Crippen LogP contribution in [0, 0.1) is 38.5 Å². The number of hydrogen-bond acceptors (Lipinski definition) is 24. The van der Waals surface area contributed by atoms with Crippen LogP contribution in [0.3, 0.4) is 0 Å². The molecule has 5 aromatic carbocycles. The molecule has 0 spiro atoms. The Bertz CT molecular complexity index is 4740. The molecule has 0 bridgehead atoms. The molecule has 2 heterocycles. The van der Waals surface area contributed by atoms with Gasteiger partial charge >= 0.3 is 24.2 Å². The summed E-state index contributed by atoms with van der Waals surface area (Å²) >= 11 is 0. The van der Waals surface area contributed by atoms with Crippen molar-refractivity contribution in [3.63, 3.8) is 0 Å². The van der Waals surface area contributed by atoms with Crippen LogP contribution in [0.2, 0.25) is 0 Å². The number of nitrogen functional groups attached to an aromatic ring is 2. The van der Waals surface area contributed by atoms with Crippen molar-refractivity contribution in [2.75, 3.05) is 110 Å². The van der Waals surface area contributed by atoms with Crippen LogP contribution in [0.4, 0.5) is 11.4 Å². The predicted octanol–water partition coefficient (Wildman–Crippen LogP) is 8.90. The highest BCUT2D eigenvalue weighted by Gasteiger charge is 2.24. The summed E-state index contributed by atoms with van der Waals surface area (Å²) in [4.78, 5) is 107. The summed E-state index contributed by atoms with van der Waals surface area (Å²) in [5.74, 6) is -1.28. The lowest BCUT2D eigenvalue weighted by atomic mass is 9.90. The molecule has 11 N–H and O–H groups in total. The molecular formula is C76H82N10O21. The maximum Gasteiger partial charge on any atom is 0.373 e. The Morgan fingerprint density at radius 2 is 1.00 bits per heavy atom. The number of carboxylic acids is 2. The van der Waals surface area contributed by atoms with Crippen LogP contribution in [0.25, 0.3) is 77.3 Å². The number of carbonyl (C=O) groups is 6. The highest BCUT2D eigenvalue weighted by molar-refractivity contribution is 6.07. The minimum absolute atomic E-state index is 0.0135. The number of aryl methyl sites for hydroxylation is 2. The van der Waals surface area contributed by atoms with Gasteiger partial charge in [-0.2, -0.15) is 19.2 Å². The van der Waals surface area contributed by atoms with E-state index in [1.807, 2.05) is 100 Å². The molecule has 2 aliphatic heterocycles. The molecule has 4 aliphatic rings. The number of carbonyl (C=O) groups excluding carboxylic acids is 8. The number of benzene rings is 7. The first kappa shape index (κ1) is 83.7. The van der Waals surface area contributed by atoms with Crippen molar-refractivity contribution in [2.45, 2.75) is 59.6 Å². The van der Waals surface area contributed by atoms with Crippen molar-refractivity contribution in [2.24, 2.45) is 5.11 Å².